The van der Waals surface area contributed by atoms with Crippen molar-refractivity contribution in [2.24, 2.45) is 0 Å². The average molecular weight is 331 g/mol. The molecule has 0 aliphatic heterocycles. The maximum Gasteiger partial charge on any atom is 0.334 e. The van der Waals surface area contributed by atoms with Gasteiger partial charge >= 0.3 is 5.97 Å². The summed E-state index contributed by atoms with van der Waals surface area (Å²) in [6, 6.07) is 3.22. The Hall–Kier alpha value is -1.83. The summed E-state index contributed by atoms with van der Waals surface area (Å²) in [6.45, 7) is 1.54. The SMILES string of the molecule is Cc1ncn(-c2cc(Cl)c(NCC(O)C(=O)O)c(Cl)c2)n1. The van der Waals surface area contributed by atoms with E-state index in [2.05, 4.69) is 15.4 Å². The molecule has 2 aromatic rings. The summed E-state index contributed by atoms with van der Waals surface area (Å²) in [5.74, 6) is -0.724. The van der Waals surface area contributed by atoms with Crippen molar-refractivity contribution in [3.63, 3.8) is 0 Å². The van der Waals surface area contributed by atoms with Gasteiger partial charge in [0.1, 0.15) is 12.2 Å². The van der Waals surface area contributed by atoms with E-state index in [-0.39, 0.29) is 16.6 Å². The predicted molar refractivity (Wildman–Crippen MR) is 78.2 cm³/mol. The summed E-state index contributed by atoms with van der Waals surface area (Å²) in [4.78, 5) is 14.6. The largest absolute Gasteiger partial charge is 0.479 e. The number of aliphatic carboxylic acids is 1. The Labute approximate surface area is 130 Å². The maximum atomic E-state index is 10.6. The highest BCUT2D eigenvalue weighted by molar-refractivity contribution is 6.39. The monoisotopic (exact) mass is 330 g/mol. The molecule has 1 unspecified atom stereocenters. The number of aliphatic hydroxyl groups is 1. The molecule has 9 heteroatoms. The van der Waals surface area contributed by atoms with E-state index in [9.17, 15) is 9.90 Å². The Bertz CT molecular complexity index is 651. The standard InChI is InChI=1S/C12H12Cl2N4O3/c1-6-16-5-18(17-6)7-2-8(13)11(9(14)3-7)15-4-10(19)12(20)21/h2-3,5,10,15,19H,4H2,1H3,(H,20,21). The number of carbonyl (C=O) groups is 1. The van der Waals surface area contributed by atoms with Crippen LogP contribution in [0.25, 0.3) is 5.69 Å². The van der Waals surface area contributed by atoms with E-state index in [1.54, 1.807) is 19.1 Å². The van der Waals surface area contributed by atoms with Crippen LogP contribution < -0.4 is 5.32 Å². The van der Waals surface area contributed by atoms with Gasteiger partial charge in [0, 0.05) is 0 Å². The van der Waals surface area contributed by atoms with Crippen molar-refractivity contribution in [3.8, 4) is 5.69 Å². The fraction of sp³-hybridized carbons (Fsp3) is 0.250. The molecule has 0 spiro atoms. The normalized spacial score (nSPS) is 12.2. The zero-order valence-electron chi connectivity index (χ0n) is 10.9. The van der Waals surface area contributed by atoms with Gasteiger partial charge in [-0.25, -0.2) is 14.5 Å². The van der Waals surface area contributed by atoms with Gasteiger partial charge in [-0.1, -0.05) is 23.2 Å². The number of nitrogens with one attached hydrogen (secondary N) is 1. The Morgan fingerprint density at radius 3 is 2.52 bits per heavy atom. The Morgan fingerprint density at radius 1 is 1.43 bits per heavy atom. The van der Waals surface area contributed by atoms with Gasteiger partial charge < -0.3 is 15.5 Å². The number of hydrogen-bond donors (Lipinski definition) is 3. The van der Waals surface area contributed by atoms with Crippen LogP contribution in [0, 0.1) is 6.92 Å². The number of nitrogens with zero attached hydrogens (tertiary/aromatic N) is 3. The first-order valence-electron chi connectivity index (χ1n) is 5.91. The molecule has 1 atom stereocenters. The molecular formula is C12H12Cl2N4O3. The summed E-state index contributed by atoms with van der Waals surface area (Å²) in [5.41, 5.74) is 0.967. The van der Waals surface area contributed by atoms with Crippen LogP contribution in [0.5, 0.6) is 0 Å². The number of benzene rings is 1. The van der Waals surface area contributed by atoms with E-state index in [4.69, 9.17) is 28.3 Å². The van der Waals surface area contributed by atoms with Gasteiger partial charge in [-0.15, -0.1) is 0 Å². The fourth-order valence-electron chi connectivity index (χ4n) is 1.62. The lowest BCUT2D eigenvalue weighted by molar-refractivity contribution is -0.145. The zero-order chi connectivity index (χ0) is 15.6. The molecule has 7 nitrogen and oxygen atoms in total. The molecule has 3 N–H and O–H groups in total. The molecule has 0 aliphatic rings. The minimum atomic E-state index is -1.55. The first-order chi connectivity index (χ1) is 9.88. The molecule has 0 fully saturated rings. The van der Waals surface area contributed by atoms with Crippen molar-refractivity contribution in [3.05, 3.63) is 34.3 Å². The van der Waals surface area contributed by atoms with Gasteiger partial charge in [-0.05, 0) is 19.1 Å². The van der Waals surface area contributed by atoms with Crippen LogP contribution in [0.3, 0.4) is 0 Å². The third-order valence-corrected chi connectivity index (χ3v) is 3.25. The number of anilines is 1. The summed E-state index contributed by atoms with van der Waals surface area (Å²) >= 11 is 12.2. The Kier molecular flexibility index (Phi) is 4.66. The molecule has 1 aromatic heterocycles. The summed E-state index contributed by atoms with van der Waals surface area (Å²) in [6.07, 6.45) is -0.0201. The van der Waals surface area contributed by atoms with Crippen LogP contribution in [0.15, 0.2) is 18.5 Å². The van der Waals surface area contributed by atoms with Gasteiger partial charge in [0.2, 0.25) is 0 Å². The number of hydrogen-bond acceptors (Lipinski definition) is 5. The van der Waals surface area contributed by atoms with Crippen LogP contribution >= 0.6 is 23.2 Å². The number of rotatable bonds is 5. The lowest BCUT2D eigenvalue weighted by Crippen LogP contribution is -2.28. The highest BCUT2D eigenvalue weighted by atomic mass is 35.5. The summed E-state index contributed by atoms with van der Waals surface area (Å²) < 4.78 is 1.52. The smallest absolute Gasteiger partial charge is 0.334 e. The maximum absolute atomic E-state index is 10.6. The lowest BCUT2D eigenvalue weighted by atomic mass is 10.2. The third-order valence-electron chi connectivity index (χ3n) is 2.66. The van der Waals surface area contributed by atoms with Crippen LogP contribution in [-0.2, 0) is 4.79 Å². The van der Waals surface area contributed by atoms with Gasteiger partial charge in [-0.3, -0.25) is 0 Å². The average Bonchev–Trinajstić information content (AvgIpc) is 2.83. The van der Waals surface area contributed by atoms with Crippen LogP contribution in [0.4, 0.5) is 5.69 Å². The molecule has 112 valence electrons. The number of halogens is 2. The molecule has 0 aliphatic carbocycles. The van der Waals surface area contributed by atoms with Crippen molar-refractivity contribution < 1.29 is 15.0 Å². The minimum absolute atomic E-state index is 0.212. The van der Waals surface area contributed by atoms with Crippen LogP contribution in [0.2, 0.25) is 10.0 Å². The van der Waals surface area contributed by atoms with E-state index in [0.29, 0.717) is 17.2 Å². The molecule has 0 saturated heterocycles. The molecule has 21 heavy (non-hydrogen) atoms. The molecule has 0 radical (unpaired) electrons. The van der Waals surface area contributed by atoms with E-state index in [1.165, 1.54) is 11.0 Å². The molecule has 1 aromatic carbocycles. The topological polar surface area (TPSA) is 100 Å². The fourth-order valence-corrected chi connectivity index (χ4v) is 2.23. The molecule has 0 amide bonds. The van der Waals surface area contributed by atoms with Crippen molar-refractivity contribution in [2.75, 3.05) is 11.9 Å². The Balaban J connectivity index is 2.23. The summed E-state index contributed by atoms with van der Waals surface area (Å²) in [5, 5.41) is 25.3. The van der Waals surface area contributed by atoms with Crippen molar-refractivity contribution in [1.82, 2.24) is 14.8 Å². The molecule has 2 rings (SSSR count). The van der Waals surface area contributed by atoms with E-state index >= 15 is 0 Å². The molecule has 0 saturated carbocycles. The first-order valence-corrected chi connectivity index (χ1v) is 6.66. The van der Waals surface area contributed by atoms with Crippen molar-refractivity contribution in [1.29, 1.82) is 0 Å². The lowest BCUT2D eigenvalue weighted by Gasteiger charge is -2.13. The third kappa shape index (κ3) is 3.63. The van der Waals surface area contributed by atoms with Crippen molar-refractivity contribution >= 4 is 34.9 Å². The number of carboxylic acids is 1. The number of carboxylic acid groups (broad SMARTS) is 1. The van der Waals surface area contributed by atoms with Gasteiger partial charge in [0.25, 0.3) is 0 Å². The van der Waals surface area contributed by atoms with E-state index in [0.717, 1.165) is 0 Å². The quantitative estimate of drug-likeness (QED) is 0.772. The zero-order valence-corrected chi connectivity index (χ0v) is 12.4. The molecule has 0 bridgehead atoms. The minimum Gasteiger partial charge on any atom is -0.479 e. The first kappa shape index (κ1) is 15.6. The number of aromatic nitrogens is 3. The highest BCUT2D eigenvalue weighted by Gasteiger charge is 2.15. The predicted octanol–water partition coefficient (Wildman–Crippen LogP) is 1.74. The molecular weight excluding hydrogens is 319 g/mol. The van der Waals surface area contributed by atoms with E-state index in [1.807, 2.05) is 0 Å². The number of aliphatic hydroxyl groups excluding tert-OH is 1. The molecule has 1 heterocycles. The highest BCUT2D eigenvalue weighted by Crippen LogP contribution is 2.32. The van der Waals surface area contributed by atoms with Crippen LogP contribution in [0.1, 0.15) is 5.82 Å². The van der Waals surface area contributed by atoms with Gasteiger partial charge in [0.05, 0.1) is 28.0 Å². The van der Waals surface area contributed by atoms with E-state index < -0.39 is 12.1 Å². The van der Waals surface area contributed by atoms with Crippen LogP contribution in [-0.4, -0.2) is 43.6 Å². The van der Waals surface area contributed by atoms with Crippen molar-refractivity contribution in [2.45, 2.75) is 13.0 Å². The second-order valence-corrected chi connectivity index (χ2v) is 5.07. The Morgan fingerprint density at radius 2 is 2.05 bits per heavy atom. The summed E-state index contributed by atoms with van der Waals surface area (Å²) in [7, 11) is 0. The van der Waals surface area contributed by atoms with Gasteiger partial charge in [-0.2, -0.15) is 5.10 Å². The second-order valence-electron chi connectivity index (χ2n) is 4.26. The van der Waals surface area contributed by atoms with Gasteiger partial charge in [0.15, 0.2) is 6.10 Å². The number of aryl methyl sites for hydroxylation is 1. The second kappa shape index (κ2) is 6.30.